The lowest BCUT2D eigenvalue weighted by molar-refractivity contribution is 0.640. The zero-order valence-electron chi connectivity index (χ0n) is 7.04. The average Bonchev–Trinajstić information content (AvgIpc) is 2.74. The Morgan fingerprint density at radius 3 is 2.92 bits per heavy atom. The number of thioether (sulfide) groups is 1. The minimum atomic E-state index is 0.00956. The van der Waals surface area contributed by atoms with Gasteiger partial charge in [0.15, 0.2) is 0 Å². The molecule has 0 unspecified atom stereocenters. The van der Waals surface area contributed by atoms with Gasteiger partial charge in [-0.05, 0) is 19.1 Å². The topological polar surface area (TPSA) is 37.8 Å². The zero-order valence-corrected chi connectivity index (χ0v) is 7.86. The summed E-state index contributed by atoms with van der Waals surface area (Å²) in [5.41, 5.74) is 0.00956. The molecule has 1 aromatic heterocycles. The minimum absolute atomic E-state index is 0.00956. The number of hydrogen-bond donors (Lipinski definition) is 1. The molecule has 1 heterocycles. The first-order valence-corrected chi connectivity index (χ1v) is 5.27. The standard InChI is InChI=1S/C8H12N2OS/c1-12-8(2-3-8)6-10-5-4-9-7(10)11/h4-5H,2-3,6H2,1H3,(H,9,11). The Morgan fingerprint density at radius 2 is 2.50 bits per heavy atom. The fourth-order valence-electron chi connectivity index (χ4n) is 1.35. The summed E-state index contributed by atoms with van der Waals surface area (Å²) in [6.45, 7) is 0.858. The first-order valence-electron chi connectivity index (χ1n) is 4.05. The van der Waals surface area contributed by atoms with E-state index in [1.807, 2.05) is 18.0 Å². The quantitative estimate of drug-likeness (QED) is 0.763. The first kappa shape index (κ1) is 7.98. The molecule has 0 aliphatic heterocycles. The summed E-state index contributed by atoms with van der Waals surface area (Å²) in [5, 5.41) is 0. The second kappa shape index (κ2) is 2.69. The van der Waals surface area contributed by atoms with E-state index in [0.717, 1.165) is 6.54 Å². The number of H-pyrrole nitrogens is 1. The van der Waals surface area contributed by atoms with Gasteiger partial charge < -0.3 is 4.98 Å². The maximum Gasteiger partial charge on any atom is 0.325 e. The van der Waals surface area contributed by atoms with Crippen LogP contribution in [0, 0.1) is 0 Å². The van der Waals surface area contributed by atoms with Crippen LogP contribution in [0.3, 0.4) is 0 Å². The van der Waals surface area contributed by atoms with Gasteiger partial charge in [-0.15, -0.1) is 0 Å². The fourth-order valence-corrected chi connectivity index (χ4v) is 2.13. The van der Waals surface area contributed by atoms with Gasteiger partial charge >= 0.3 is 5.69 Å². The number of hydrogen-bond acceptors (Lipinski definition) is 2. The van der Waals surface area contributed by atoms with E-state index < -0.39 is 0 Å². The van der Waals surface area contributed by atoms with Crippen LogP contribution in [0.1, 0.15) is 12.8 Å². The third-order valence-electron chi connectivity index (χ3n) is 2.42. The Bertz CT molecular complexity index is 324. The lowest BCUT2D eigenvalue weighted by Crippen LogP contribution is -2.23. The molecule has 0 bridgehead atoms. The van der Waals surface area contributed by atoms with Crippen molar-refractivity contribution >= 4 is 11.8 Å². The molecule has 0 saturated heterocycles. The van der Waals surface area contributed by atoms with Gasteiger partial charge in [-0.3, -0.25) is 4.57 Å². The van der Waals surface area contributed by atoms with Crippen molar-refractivity contribution in [1.29, 1.82) is 0 Å². The van der Waals surface area contributed by atoms with E-state index in [0.29, 0.717) is 4.75 Å². The van der Waals surface area contributed by atoms with E-state index in [-0.39, 0.29) is 5.69 Å². The monoisotopic (exact) mass is 184 g/mol. The molecule has 0 atom stereocenters. The van der Waals surface area contributed by atoms with Crippen LogP contribution in [-0.4, -0.2) is 20.6 Å². The molecule has 1 aliphatic rings. The number of aromatic amines is 1. The van der Waals surface area contributed by atoms with Gasteiger partial charge in [-0.25, -0.2) is 4.79 Å². The lowest BCUT2D eigenvalue weighted by atomic mass is 10.4. The molecule has 1 N–H and O–H groups in total. The van der Waals surface area contributed by atoms with Crippen molar-refractivity contribution in [3.63, 3.8) is 0 Å². The summed E-state index contributed by atoms with van der Waals surface area (Å²) in [6, 6.07) is 0. The number of aromatic nitrogens is 2. The van der Waals surface area contributed by atoms with Crippen molar-refractivity contribution in [3.8, 4) is 0 Å². The van der Waals surface area contributed by atoms with Crippen molar-refractivity contribution in [2.75, 3.05) is 6.26 Å². The van der Waals surface area contributed by atoms with E-state index >= 15 is 0 Å². The van der Waals surface area contributed by atoms with Crippen molar-refractivity contribution in [1.82, 2.24) is 9.55 Å². The molecule has 12 heavy (non-hydrogen) atoms. The van der Waals surface area contributed by atoms with Gasteiger partial charge in [0.2, 0.25) is 0 Å². The van der Waals surface area contributed by atoms with Gasteiger partial charge in [0.1, 0.15) is 0 Å². The van der Waals surface area contributed by atoms with Crippen LogP contribution in [0.2, 0.25) is 0 Å². The van der Waals surface area contributed by atoms with Gasteiger partial charge in [0.25, 0.3) is 0 Å². The summed E-state index contributed by atoms with van der Waals surface area (Å²) in [6.07, 6.45) is 8.11. The highest BCUT2D eigenvalue weighted by Gasteiger charge is 2.42. The van der Waals surface area contributed by atoms with Gasteiger partial charge in [-0.1, -0.05) is 0 Å². The van der Waals surface area contributed by atoms with Crippen molar-refractivity contribution < 1.29 is 0 Å². The van der Waals surface area contributed by atoms with Crippen LogP contribution in [0.25, 0.3) is 0 Å². The Morgan fingerprint density at radius 1 is 1.75 bits per heavy atom. The predicted octanol–water partition coefficient (Wildman–Crippen LogP) is 1.07. The van der Waals surface area contributed by atoms with Crippen LogP contribution < -0.4 is 5.69 Å². The molecule has 0 aromatic carbocycles. The summed E-state index contributed by atoms with van der Waals surface area (Å²) in [7, 11) is 0. The molecular weight excluding hydrogens is 172 g/mol. The summed E-state index contributed by atoms with van der Waals surface area (Å²) < 4.78 is 2.12. The third-order valence-corrected chi connectivity index (χ3v) is 3.82. The summed E-state index contributed by atoms with van der Waals surface area (Å²) >= 11 is 1.87. The SMILES string of the molecule is CSC1(Cn2cc[nH]c2=O)CC1. The third kappa shape index (κ3) is 1.31. The van der Waals surface area contributed by atoms with E-state index in [1.165, 1.54) is 12.8 Å². The summed E-state index contributed by atoms with van der Waals surface area (Å²) in [4.78, 5) is 13.8. The van der Waals surface area contributed by atoms with Crippen LogP contribution in [0.4, 0.5) is 0 Å². The Hall–Kier alpha value is -0.640. The highest BCUT2D eigenvalue weighted by atomic mass is 32.2. The molecule has 1 saturated carbocycles. The molecular formula is C8H12N2OS. The van der Waals surface area contributed by atoms with E-state index in [9.17, 15) is 4.79 Å². The van der Waals surface area contributed by atoms with Gasteiger partial charge in [-0.2, -0.15) is 11.8 Å². The molecule has 0 amide bonds. The summed E-state index contributed by atoms with van der Waals surface area (Å²) in [5.74, 6) is 0. The molecule has 1 fully saturated rings. The minimum Gasteiger partial charge on any atom is -0.313 e. The van der Waals surface area contributed by atoms with Crippen LogP contribution >= 0.6 is 11.8 Å². The lowest BCUT2D eigenvalue weighted by Gasteiger charge is -2.10. The number of nitrogens with zero attached hydrogens (tertiary/aromatic N) is 1. The van der Waals surface area contributed by atoms with Crippen LogP contribution in [0.5, 0.6) is 0 Å². The molecule has 0 spiro atoms. The molecule has 2 rings (SSSR count). The van der Waals surface area contributed by atoms with Crippen LogP contribution in [0.15, 0.2) is 17.2 Å². The smallest absolute Gasteiger partial charge is 0.313 e. The highest BCUT2D eigenvalue weighted by Crippen LogP contribution is 2.48. The second-order valence-electron chi connectivity index (χ2n) is 3.28. The van der Waals surface area contributed by atoms with Gasteiger partial charge in [0.05, 0.1) is 0 Å². The molecule has 1 aliphatic carbocycles. The molecule has 4 heteroatoms. The second-order valence-corrected chi connectivity index (χ2v) is 4.55. The van der Waals surface area contributed by atoms with E-state index in [4.69, 9.17) is 0 Å². The van der Waals surface area contributed by atoms with Crippen molar-refractivity contribution in [2.45, 2.75) is 24.1 Å². The largest absolute Gasteiger partial charge is 0.325 e. The number of nitrogens with one attached hydrogen (secondary N) is 1. The normalized spacial score (nSPS) is 19.4. The van der Waals surface area contributed by atoms with Crippen molar-refractivity contribution in [3.05, 3.63) is 22.9 Å². The molecule has 1 aromatic rings. The van der Waals surface area contributed by atoms with Crippen molar-refractivity contribution in [2.24, 2.45) is 0 Å². The maximum atomic E-state index is 11.1. The number of rotatable bonds is 3. The zero-order chi connectivity index (χ0) is 8.60. The Kier molecular flexibility index (Phi) is 1.79. The Labute approximate surface area is 75.2 Å². The number of imidazole rings is 1. The van der Waals surface area contributed by atoms with Crippen LogP contribution in [-0.2, 0) is 6.54 Å². The molecule has 0 radical (unpaired) electrons. The first-order chi connectivity index (χ1) is 5.76. The van der Waals surface area contributed by atoms with E-state index in [1.54, 1.807) is 10.8 Å². The highest BCUT2D eigenvalue weighted by molar-refractivity contribution is 8.00. The average molecular weight is 184 g/mol. The van der Waals surface area contributed by atoms with E-state index in [2.05, 4.69) is 11.2 Å². The maximum absolute atomic E-state index is 11.1. The molecule has 3 nitrogen and oxygen atoms in total. The predicted molar refractivity (Wildman–Crippen MR) is 50.5 cm³/mol. The fraction of sp³-hybridized carbons (Fsp3) is 0.625. The van der Waals surface area contributed by atoms with Gasteiger partial charge in [0, 0.05) is 23.7 Å². The Balaban J connectivity index is 2.14. The molecule has 66 valence electrons.